The maximum atomic E-state index is 9.99. The summed E-state index contributed by atoms with van der Waals surface area (Å²) in [6.07, 6.45) is 0.700. The number of β-amino-alcohol motifs (C(OH)–C–C–N with tert-alkyl or cyclic N) is 1. The number of rotatable bonds is 4. The Morgan fingerprint density at radius 1 is 1.50 bits per heavy atom. The number of pyridine rings is 1. The highest BCUT2D eigenvalue weighted by atomic mass is 16.5. The van der Waals surface area contributed by atoms with E-state index in [-0.39, 0.29) is 6.10 Å². The fourth-order valence-electron chi connectivity index (χ4n) is 1.74. The van der Waals surface area contributed by atoms with Crippen molar-refractivity contribution in [2.45, 2.75) is 32.0 Å². The van der Waals surface area contributed by atoms with Crippen molar-refractivity contribution >= 4 is 0 Å². The van der Waals surface area contributed by atoms with Crippen molar-refractivity contribution in [2.24, 2.45) is 0 Å². The minimum absolute atomic E-state index is 0.121. The largest absolute Gasteiger partial charge is 0.475 e. The summed E-state index contributed by atoms with van der Waals surface area (Å²) in [7, 11) is 0. The van der Waals surface area contributed by atoms with Crippen molar-refractivity contribution in [3.8, 4) is 5.88 Å². The summed E-state index contributed by atoms with van der Waals surface area (Å²) in [5.74, 6) is 0.628. The van der Waals surface area contributed by atoms with Crippen LogP contribution in [0.4, 0.5) is 0 Å². The molecule has 0 aromatic carbocycles. The Kier molecular flexibility index (Phi) is 3.12. The van der Waals surface area contributed by atoms with Gasteiger partial charge in [0.25, 0.3) is 0 Å². The first kappa shape index (κ1) is 11.4. The highest BCUT2D eigenvalue weighted by Crippen LogP contribution is 2.18. The van der Waals surface area contributed by atoms with Crippen LogP contribution in [0.25, 0.3) is 0 Å². The van der Waals surface area contributed by atoms with Crippen molar-refractivity contribution in [1.29, 1.82) is 0 Å². The van der Waals surface area contributed by atoms with Crippen LogP contribution in [-0.2, 0) is 6.42 Å². The van der Waals surface area contributed by atoms with Gasteiger partial charge < -0.3 is 15.2 Å². The Labute approximate surface area is 95.7 Å². The number of aromatic nitrogens is 1. The second-order valence-corrected chi connectivity index (χ2v) is 4.64. The van der Waals surface area contributed by atoms with Crippen molar-refractivity contribution in [2.75, 3.05) is 13.1 Å². The van der Waals surface area contributed by atoms with E-state index in [9.17, 15) is 5.11 Å². The number of hydrogen-bond donors (Lipinski definition) is 2. The number of hydrogen-bond acceptors (Lipinski definition) is 4. The summed E-state index contributed by atoms with van der Waals surface area (Å²) >= 11 is 0. The second-order valence-electron chi connectivity index (χ2n) is 4.64. The molecule has 0 unspecified atom stereocenters. The van der Waals surface area contributed by atoms with E-state index < -0.39 is 5.60 Å². The molecule has 2 rings (SSSR count). The molecule has 1 fully saturated rings. The highest BCUT2D eigenvalue weighted by Gasteiger charge is 2.34. The van der Waals surface area contributed by atoms with Gasteiger partial charge in [-0.15, -0.1) is 0 Å². The zero-order chi connectivity index (χ0) is 11.6. The van der Waals surface area contributed by atoms with Gasteiger partial charge in [0.05, 0.1) is 11.7 Å². The van der Waals surface area contributed by atoms with Gasteiger partial charge in [0.2, 0.25) is 5.88 Å². The van der Waals surface area contributed by atoms with Crippen LogP contribution in [0.3, 0.4) is 0 Å². The van der Waals surface area contributed by atoms with Gasteiger partial charge in [0.15, 0.2) is 0 Å². The Balaban J connectivity index is 2.04. The third-order valence-corrected chi connectivity index (χ3v) is 2.56. The third kappa shape index (κ3) is 2.71. The molecule has 0 atom stereocenters. The summed E-state index contributed by atoms with van der Waals surface area (Å²) in [5, 5.41) is 13.1. The van der Waals surface area contributed by atoms with E-state index in [0.717, 1.165) is 5.69 Å². The molecule has 1 aliphatic rings. The molecule has 1 aromatic heterocycles. The lowest BCUT2D eigenvalue weighted by Gasteiger charge is -2.37. The fourth-order valence-corrected chi connectivity index (χ4v) is 1.74. The molecule has 88 valence electrons. The molecule has 1 saturated heterocycles. The lowest BCUT2D eigenvalue weighted by Crippen LogP contribution is -2.60. The van der Waals surface area contributed by atoms with Crippen LogP contribution in [0.1, 0.15) is 19.5 Å². The molecule has 0 bridgehead atoms. The van der Waals surface area contributed by atoms with Crippen LogP contribution in [0, 0.1) is 0 Å². The molecule has 0 saturated carbocycles. The topological polar surface area (TPSA) is 54.4 Å². The number of aliphatic hydroxyl groups is 1. The average molecular weight is 222 g/mol. The summed E-state index contributed by atoms with van der Waals surface area (Å²) < 4.78 is 5.51. The average Bonchev–Trinajstić information content (AvgIpc) is 2.14. The highest BCUT2D eigenvalue weighted by molar-refractivity contribution is 5.18. The van der Waals surface area contributed by atoms with Crippen LogP contribution in [0.15, 0.2) is 18.2 Å². The summed E-state index contributed by atoms with van der Waals surface area (Å²) in [5.41, 5.74) is 0.255. The van der Waals surface area contributed by atoms with Crippen molar-refractivity contribution in [1.82, 2.24) is 10.3 Å². The third-order valence-electron chi connectivity index (χ3n) is 2.56. The summed E-state index contributed by atoms with van der Waals surface area (Å²) in [6.45, 7) is 5.23. The van der Waals surface area contributed by atoms with Gasteiger partial charge in [-0.3, -0.25) is 0 Å². The maximum absolute atomic E-state index is 9.99. The van der Waals surface area contributed by atoms with Gasteiger partial charge in [-0.1, -0.05) is 6.07 Å². The predicted molar refractivity (Wildman–Crippen MR) is 61.5 cm³/mol. The van der Waals surface area contributed by atoms with Gasteiger partial charge in [0, 0.05) is 31.3 Å². The first-order valence-electron chi connectivity index (χ1n) is 5.63. The lowest BCUT2D eigenvalue weighted by molar-refractivity contribution is -0.00991. The van der Waals surface area contributed by atoms with E-state index >= 15 is 0 Å². The first-order chi connectivity index (χ1) is 7.57. The smallest absolute Gasteiger partial charge is 0.213 e. The second kappa shape index (κ2) is 4.39. The summed E-state index contributed by atoms with van der Waals surface area (Å²) in [4.78, 5) is 4.37. The van der Waals surface area contributed by atoms with Gasteiger partial charge in [0.1, 0.15) is 0 Å². The Bertz CT molecular complexity index is 362. The Morgan fingerprint density at radius 3 is 2.81 bits per heavy atom. The van der Waals surface area contributed by atoms with Crippen molar-refractivity contribution < 1.29 is 9.84 Å². The molecule has 0 amide bonds. The lowest BCUT2D eigenvalue weighted by atomic mass is 9.91. The van der Waals surface area contributed by atoms with E-state index in [1.165, 1.54) is 0 Å². The van der Waals surface area contributed by atoms with Gasteiger partial charge >= 0.3 is 0 Å². The molecule has 16 heavy (non-hydrogen) atoms. The molecule has 0 spiro atoms. The molecule has 0 aliphatic carbocycles. The quantitative estimate of drug-likeness (QED) is 0.789. The van der Waals surface area contributed by atoms with Crippen LogP contribution in [-0.4, -0.2) is 34.9 Å². The molecule has 4 heteroatoms. The maximum Gasteiger partial charge on any atom is 0.213 e. The molecule has 1 aromatic rings. The molecule has 4 nitrogen and oxygen atoms in total. The predicted octanol–water partition coefficient (Wildman–Crippen LogP) is 0.746. The van der Waals surface area contributed by atoms with E-state index in [0.29, 0.717) is 25.4 Å². The fraction of sp³-hybridized carbons (Fsp3) is 0.583. The molecular formula is C12H18N2O2. The zero-order valence-electron chi connectivity index (χ0n) is 9.73. The first-order valence-corrected chi connectivity index (χ1v) is 5.63. The Hall–Kier alpha value is -1.13. The van der Waals surface area contributed by atoms with Crippen molar-refractivity contribution in [3.63, 3.8) is 0 Å². The van der Waals surface area contributed by atoms with Crippen molar-refractivity contribution in [3.05, 3.63) is 23.9 Å². The van der Waals surface area contributed by atoms with E-state index in [1.54, 1.807) is 0 Å². The van der Waals surface area contributed by atoms with E-state index in [4.69, 9.17) is 4.74 Å². The van der Waals surface area contributed by atoms with Gasteiger partial charge in [-0.2, -0.15) is 0 Å². The molecule has 2 heterocycles. The Morgan fingerprint density at radius 2 is 2.25 bits per heavy atom. The van der Waals surface area contributed by atoms with Gasteiger partial charge in [-0.05, 0) is 19.9 Å². The molecule has 0 radical (unpaired) electrons. The molecule has 2 N–H and O–H groups in total. The molecule has 1 aliphatic heterocycles. The number of nitrogens with one attached hydrogen (secondary N) is 1. The normalized spacial score (nSPS) is 18.2. The molecular weight excluding hydrogens is 204 g/mol. The SMILES string of the molecule is CC(C)Oc1cccc(CC2(O)CNC2)n1. The van der Waals surface area contributed by atoms with Crippen LogP contribution < -0.4 is 10.1 Å². The van der Waals surface area contributed by atoms with Crippen LogP contribution in [0.5, 0.6) is 5.88 Å². The van der Waals surface area contributed by atoms with Crippen LogP contribution >= 0.6 is 0 Å². The van der Waals surface area contributed by atoms with E-state index in [2.05, 4.69) is 10.3 Å². The van der Waals surface area contributed by atoms with E-state index in [1.807, 2.05) is 32.0 Å². The van der Waals surface area contributed by atoms with Gasteiger partial charge in [-0.25, -0.2) is 4.98 Å². The minimum atomic E-state index is -0.622. The zero-order valence-corrected chi connectivity index (χ0v) is 9.73. The summed E-state index contributed by atoms with van der Waals surface area (Å²) in [6, 6.07) is 5.67. The van der Waals surface area contributed by atoms with Crippen LogP contribution in [0.2, 0.25) is 0 Å². The minimum Gasteiger partial charge on any atom is -0.475 e. The number of ether oxygens (including phenoxy) is 1. The monoisotopic (exact) mass is 222 g/mol. The standard InChI is InChI=1S/C12H18N2O2/c1-9(2)16-11-5-3-4-10(14-11)6-12(15)7-13-8-12/h3-5,9,13,15H,6-8H2,1-2H3. The number of nitrogens with zero attached hydrogens (tertiary/aromatic N) is 1.